The number of fused-ring (bicyclic) bond motifs is 2. The molecule has 5 aromatic rings. The zero-order valence-electron chi connectivity index (χ0n) is 19.4. The van der Waals surface area contributed by atoms with Crippen LogP contribution in [0.25, 0.3) is 22.1 Å². The predicted octanol–water partition coefficient (Wildman–Crippen LogP) is 7.48. The van der Waals surface area contributed by atoms with E-state index >= 15 is 0 Å². The molecule has 0 aliphatic carbocycles. The van der Waals surface area contributed by atoms with Crippen molar-refractivity contribution in [2.24, 2.45) is 0 Å². The van der Waals surface area contributed by atoms with Crippen LogP contribution in [0.5, 0.6) is 0 Å². The van der Waals surface area contributed by atoms with Gasteiger partial charge in [-0.2, -0.15) is 0 Å². The summed E-state index contributed by atoms with van der Waals surface area (Å²) in [6, 6.07) is 39.0. The summed E-state index contributed by atoms with van der Waals surface area (Å²) in [7, 11) is 0. The summed E-state index contributed by atoms with van der Waals surface area (Å²) in [4.78, 5) is 2.61. The van der Waals surface area contributed by atoms with Crippen molar-refractivity contribution < 1.29 is 4.42 Å². The minimum Gasteiger partial charge on any atom is -0.461 e. The second-order valence-corrected chi connectivity index (χ2v) is 9.36. The van der Waals surface area contributed by atoms with Gasteiger partial charge >= 0.3 is 0 Å². The molecule has 6 rings (SSSR count). The van der Waals surface area contributed by atoms with E-state index in [0.717, 1.165) is 49.6 Å². The topological polar surface area (TPSA) is 16.4 Å². The summed E-state index contributed by atoms with van der Waals surface area (Å²) in [5.74, 6) is 2.46. The van der Waals surface area contributed by atoms with Crippen molar-refractivity contribution in [1.29, 1.82) is 0 Å². The Labute approximate surface area is 201 Å². The molecule has 0 saturated carbocycles. The van der Waals surface area contributed by atoms with Crippen LogP contribution in [0, 0.1) is 0 Å². The molecule has 2 heteroatoms. The smallest absolute Gasteiger partial charge is 0.134 e. The van der Waals surface area contributed by atoms with Gasteiger partial charge in [-0.3, -0.25) is 4.90 Å². The Bertz CT molecular complexity index is 1400. The van der Waals surface area contributed by atoms with E-state index in [4.69, 9.17) is 4.42 Å². The van der Waals surface area contributed by atoms with Crippen LogP contribution < -0.4 is 0 Å². The lowest BCUT2D eigenvalue weighted by atomic mass is 9.86. The normalized spacial score (nSPS) is 15.9. The third-order valence-corrected chi connectivity index (χ3v) is 7.09. The quantitative estimate of drug-likeness (QED) is 0.270. The first-order valence-electron chi connectivity index (χ1n) is 12.2. The lowest BCUT2D eigenvalue weighted by Gasteiger charge is -2.34. The minimum absolute atomic E-state index is 0.437. The van der Waals surface area contributed by atoms with Crippen LogP contribution in [-0.4, -0.2) is 18.0 Å². The lowest BCUT2D eigenvalue weighted by molar-refractivity contribution is 0.228. The van der Waals surface area contributed by atoms with Crippen molar-refractivity contribution in [1.82, 2.24) is 4.90 Å². The van der Waals surface area contributed by atoms with E-state index in [1.807, 2.05) is 0 Å². The first-order valence-corrected chi connectivity index (χ1v) is 12.2. The number of hydrogen-bond donors (Lipinski definition) is 0. The number of rotatable bonds is 6. The van der Waals surface area contributed by atoms with Gasteiger partial charge in [0.15, 0.2) is 0 Å². The fourth-order valence-corrected chi connectivity index (χ4v) is 5.38. The summed E-state index contributed by atoms with van der Waals surface area (Å²) in [5, 5.41) is 2.48. The highest BCUT2D eigenvalue weighted by atomic mass is 16.3. The summed E-state index contributed by atoms with van der Waals surface area (Å²) < 4.78 is 6.44. The molecule has 0 saturated heterocycles. The van der Waals surface area contributed by atoms with E-state index in [0.29, 0.717) is 5.92 Å². The van der Waals surface area contributed by atoms with Gasteiger partial charge in [0, 0.05) is 37.5 Å². The van der Waals surface area contributed by atoms with Gasteiger partial charge in [-0.05, 0) is 46.0 Å². The second kappa shape index (κ2) is 9.32. The SMILES string of the molecule is c1ccc(CCN2Cc3ccccc3C(Cc3ccc(-c4cccc5ccccc45)o3)C2)cc1. The maximum Gasteiger partial charge on any atom is 0.134 e. The Morgan fingerprint density at radius 3 is 2.47 bits per heavy atom. The minimum atomic E-state index is 0.437. The average molecular weight is 444 g/mol. The Hall–Kier alpha value is -3.62. The molecule has 1 aliphatic heterocycles. The fraction of sp³-hybridized carbons (Fsp3) is 0.188. The van der Waals surface area contributed by atoms with Gasteiger partial charge in [0.05, 0.1) is 0 Å². The summed E-state index contributed by atoms with van der Waals surface area (Å²) >= 11 is 0. The summed E-state index contributed by atoms with van der Waals surface area (Å²) in [5.41, 5.74) is 5.50. The van der Waals surface area contributed by atoms with E-state index in [1.54, 1.807) is 0 Å². The zero-order chi connectivity index (χ0) is 22.7. The Balaban J connectivity index is 1.23. The van der Waals surface area contributed by atoms with Gasteiger partial charge in [-0.25, -0.2) is 0 Å². The van der Waals surface area contributed by atoms with Crippen molar-refractivity contribution >= 4 is 10.8 Å². The lowest BCUT2D eigenvalue weighted by Crippen LogP contribution is -2.35. The van der Waals surface area contributed by atoms with Crippen LogP contribution in [0.15, 0.2) is 114 Å². The van der Waals surface area contributed by atoms with Crippen LogP contribution in [0.4, 0.5) is 0 Å². The molecule has 4 aromatic carbocycles. The van der Waals surface area contributed by atoms with Crippen molar-refractivity contribution in [3.05, 3.63) is 132 Å². The van der Waals surface area contributed by atoms with E-state index in [1.165, 1.54) is 27.5 Å². The zero-order valence-corrected chi connectivity index (χ0v) is 19.4. The summed E-state index contributed by atoms with van der Waals surface area (Å²) in [6.07, 6.45) is 2.01. The molecule has 34 heavy (non-hydrogen) atoms. The van der Waals surface area contributed by atoms with Gasteiger partial charge in [-0.15, -0.1) is 0 Å². The average Bonchev–Trinajstić information content (AvgIpc) is 3.36. The van der Waals surface area contributed by atoms with Gasteiger partial charge in [0.1, 0.15) is 11.5 Å². The monoisotopic (exact) mass is 443 g/mol. The molecule has 0 amide bonds. The molecule has 1 aliphatic rings. The molecular weight excluding hydrogens is 414 g/mol. The highest BCUT2D eigenvalue weighted by molar-refractivity contribution is 5.95. The first-order chi connectivity index (χ1) is 16.8. The number of hydrogen-bond acceptors (Lipinski definition) is 2. The maximum absolute atomic E-state index is 6.44. The van der Waals surface area contributed by atoms with Gasteiger partial charge in [-0.1, -0.05) is 97.1 Å². The molecule has 0 N–H and O–H groups in total. The largest absolute Gasteiger partial charge is 0.461 e. The third-order valence-electron chi connectivity index (χ3n) is 7.09. The molecule has 0 fully saturated rings. The first kappa shape index (κ1) is 20.9. The fourth-order valence-electron chi connectivity index (χ4n) is 5.38. The molecule has 1 aromatic heterocycles. The number of benzene rings is 4. The molecule has 0 radical (unpaired) electrons. The number of furan rings is 1. The Kier molecular flexibility index (Phi) is 5.74. The molecule has 1 unspecified atom stereocenters. The van der Waals surface area contributed by atoms with Crippen LogP contribution in [0.2, 0.25) is 0 Å². The number of nitrogens with zero attached hydrogens (tertiary/aromatic N) is 1. The second-order valence-electron chi connectivity index (χ2n) is 9.36. The molecule has 0 bridgehead atoms. The van der Waals surface area contributed by atoms with Crippen molar-refractivity contribution in [2.75, 3.05) is 13.1 Å². The van der Waals surface area contributed by atoms with E-state index in [-0.39, 0.29) is 0 Å². The van der Waals surface area contributed by atoms with Crippen LogP contribution >= 0.6 is 0 Å². The highest BCUT2D eigenvalue weighted by Gasteiger charge is 2.26. The van der Waals surface area contributed by atoms with Crippen LogP contribution in [0.1, 0.15) is 28.4 Å². The van der Waals surface area contributed by atoms with Gasteiger partial charge in [0.2, 0.25) is 0 Å². The maximum atomic E-state index is 6.44. The highest BCUT2D eigenvalue weighted by Crippen LogP contribution is 2.34. The molecule has 168 valence electrons. The molecule has 2 heterocycles. The van der Waals surface area contributed by atoms with Crippen LogP contribution in [-0.2, 0) is 19.4 Å². The van der Waals surface area contributed by atoms with Crippen LogP contribution in [0.3, 0.4) is 0 Å². The molecule has 2 nitrogen and oxygen atoms in total. The molecule has 0 spiro atoms. The van der Waals surface area contributed by atoms with E-state index < -0.39 is 0 Å². The Morgan fingerprint density at radius 2 is 1.53 bits per heavy atom. The standard InChI is InChI=1S/C32H29NO/c1-2-9-24(10-3-1)19-20-33-22-26-12-5-6-14-29(26)27(23-33)21-28-17-18-32(34-28)31-16-8-13-25-11-4-7-15-30(25)31/h1-18,27H,19-23H2. The van der Waals surface area contributed by atoms with Gasteiger partial charge < -0.3 is 4.42 Å². The third kappa shape index (κ3) is 4.30. The Morgan fingerprint density at radius 1 is 0.735 bits per heavy atom. The molecule has 1 atom stereocenters. The molecular formula is C32H29NO. The van der Waals surface area contributed by atoms with Gasteiger partial charge in [0.25, 0.3) is 0 Å². The van der Waals surface area contributed by atoms with Crippen molar-refractivity contribution in [3.8, 4) is 11.3 Å². The van der Waals surface area contributed by atoms with Crippen molar-refractivity contribution in [3.63, 3.8) is 0 Å². The van der Waals surface area contributed by atoms with E-state index in [9.17, 15) is 0 Å². The predicted molar refractivity (Wildman–Crippen MR) is 140 cm³/mol. The van der Waals surface area contributed by atoms with E-state index in [2.05, 4.69) is 114 Å². The summed E-state index contributed by atoms with van der Waals surface area (Å²) in [6.45, 7) is 3.17. The van der Waals surface area contributed by atoms with Crippen molar-refractivity contribution in [2.45, 2.75) is 25.3 Å².